The molecule has 3 nitrogen and oxygen atoms in total. The largest absolute Gasteiger partial charge is 0.380 e. The quantitative estimate of drug-likeness (QED) is 0.748. The SMILES string of the molecule is CN(CCCNCC1(C)COC1)c1ccccc1. The molecule has 0 saturated carbocycles. The molecule has 0 aliphatic carbocycles. The summed E-state index contributed by atoms with van der Waals surface area (Å²) in [6.07, 6.45) is 1.17. The van der Waals surface area contributed by atoms with Crippen LogP contribution in [-0.4, -0.2) is 39.9 Å². The number of hydrogen-bond donors (Lipinski definition) is 1. The third-order valence-electron chi connectivity index (χ3n) is 3.50. The van der Waals surface area contributed by atoms with Gasteiger partial charge < -0.3 is 15.0 Å². The van der Waals surface area contributed by atoms with Crippen molar-refractivity contribution in [2.75, 3.05) is 44.8 Å². The highest BCUT2D eigenvalue weighted by Gasteiger charge is 2.32. The van der Waals surface area contributed by atoms with E-state index in [2.05, 4.69) is 54.5 Å². The third kappa shape index (κ3) is 3.72. The topological polar surface area (TPSA) is 24.5 Å². The molecule has 0 spiro atoms. The van der Waals surface area contributed by atoms with Crippen LogP contribution >= 0.6 is 0 Å². The van der Waals surface area contributed by atoms with E-state index in [1.54, 1.807) is 0 Å². The van der Waals surface area contributed by atoms with Gasteiger partial charge in [-0.1, -0.05) is 25.1 Å². The first-order chi connectivity index (χ1) is 8.70. The van der Waals surface area contributed by atoms with Gasteiger partial charge in [0.1, 0.15) is 0 Å². The Kier molecular flexibility index (Phi) is 4.61. The zero-order valence-corrected chi connectivity index (χ0v) is 11.5. The minimum atomic E-state index is 0.380. The second-order valence-corrected chi connectivity index (χ2v) is 5.59. The van der Waals surface area contributed by atoms with Crippen molar-refractivity contribution in [3.05, 3.63) is 30.3 Å². The summed E-state index contributed by atoms with van der Waals surface area (Å²) < 4.78 is 5.24. The predicted molar refractivity (Wildman–Crippen MR) is 76.1 cm³/mol. The van der Waals surface area contributed by atoms with E-state index in [0.29, 0.717) is 5.41 Å². The first-order valence-electron chi connectivity index (χ1n) is 6.74. The van der Waals surface area contributed by atoms with Gasteiger partial charge in [0.2, 0.25) is 0 Å². The molecule has 1 saturated heterocycles. The average molecular weight is 248 g/mol. The molecule has 1 aliphatic rings. The fourth-order valence-electron chi connectivity index (χ4n) is 2.20. The normalized spacial score (nSPS) is 17.2. The lowest BCUT2D eigenvalue weighted by Gasteiger charge is -2.38. The fourth-order valence-corrected chi connectivity index (χ4v) is 2.20. The van der Waals surface area contributed by atoms with E-state index in [4.69, 9.17) is 4.74 Å². The first kappa shape index (κ1) is 13.4. The van der Waals surface area contributed by atoms with E-state index in [0.717, 1.165) is 32.8 Å². The highest BCUT2D eigenvalue weighted by Crippen LogP contribution is 2.24. The molecule has 18 heavy (non-hydrogen) atoms. The molecule has 1 fully saturated rings. The van der Waals surface area contributed by atoms with E-state index < -0.39 is 0 Å². The number of hydrogen-bond acceptors (Lipinski definition) is 3. The molecule has 0 aromatic heterocycles. The summed E-state index contributed by atoms with van der Waals surface area (Å²) in [7, 11) is 2.15. The van der Waals surface area contributed by atoms with Crippen molar-refractivity contribution < 1.29 is 4.74 Å². The third-order valence-corrected chi connectivity index (χ3v) is 3.50. The standard InChI is InChI=1S/C15H24N2O/c1-15(12-18-13-15)11-16-9-6-10-17(2)14-7-4-3-5-8-14/h3-5,7-8,16H,6,9-13H2,1-2H3. The van der Waals surface area contributed by atoms with Gasteiger partial charge in [0.05, 0.1) is 13.2 Å². The van der Waals surface area contributed by atoms with Crippen LogP contribution in [0.5, 0.6) is 0 Å². The van der Waals surface area contributed by atoms with Crippen molar-refractivity contribution in [2.24, 2.45) is 5.41 Å². The van der Waals surface area contributed by atoms with Crippen molar-refractivity contribution >= 4 is 5.69 Å². The molecule has 0 bridgehead atoms. The molecule has 1 aromatic rings. The van der Waals surface area contributed by atoms with Gasteiger partial charge in [-0.05, 0) is 25.1 Å². The van der Waals surface area contributed by atoms with Gasteiger partial charge in [-0.25, -0.2) is 0 Å². The number of para-hydroxylation sites is 1. The molecule has 1 N–H and O–H groups in total. The average Bonchev–Trinajstić information content (AvgIpc) is 2.37. The highest BCUT2D eigenvalue weighted by molar-refractivity contribution is 5.44. The summed E-state index contributed by atoms with van der Waals surface area (Å²) in [5.74, 6) is 0. The Hall–Kier alpha value is -1.06. The minimum absolute atomic E-state index is 0.380. The number of rotatable bonds is 7. The summed E-state index contributed by atoms with van der Waals surface area (Å²) >= 11 is 0. The van der Waals surface area contributed by atoms with Gasteiger partial charge in [0.15, 0.2) is 0 Å². The van der Waals surface area contributed by atoms with Gasteiger partial charge in [0.25, 0.3) is 0 Å². The Balaban J connectivity index is 1.58. The molecule has 1 aliphatic heterocycles. The van der Waals surface area contributed by atoms with Gasteiger partial charge in [-0.3, -0.25) is 0 Å². The lowest BCUT2D eigenvalue weighted by molar-refractivity contribution is -0.0989. The van der Waals surface area contributed by atoms with E-state index in [1.807, 2.05) is 0 Å². The van der Waals surface area contributed by atoms with Crippen LogP contribution in [-0.2, 0) is 4.74 Å². The summed E-state index contributed by atoms with van der Waals surface area (Å²) in [5, 5.41) is 3.53. The maximum absolute atomic E-state index is 5.24. The van der Waals surface area contributed by atoms with Crippen molar-refractivity contribution in [2.45, 2.75) is 13.3 Å². The van der Waals surface area contributed by atoms with Crippen LogP contribution in [0.25, 0.3) is 0 Å². The summed E-state index contributed by atoms with van der Waals surface area (Å²) in [5.41, 5.74) is 1.67. The molecule has 1 heterocycles. The van der Waals surface area contributed by atoms with Gasteiger partial charge >= 0.3 is 0 Å². The summed E-state index contributed by atoms with van der Waals surface area (Å²) in [6, 6.07) is 10.5. The molecular formula is C15H24N2O. The summed E-state index contributed by atoms with van der Waals surface area (Å²) in [6.45, 7) is 7.33. The maximum atomic E-state index is 5.24. The van der Waals surface area contributed by atoms with Crippen molar-refractivity contribution in [3.8, 4) is 0 Å². The number of ether oxygens (including phenoxy) is 1. The molecule has 0 atom stereocenters. The summed E-state index contributed by atoms with van der Waals surface area (Å²) in [4.78, 5) is 2.30. The Morgan fingerprint density at radius 1 is 1.28 bits per heavy atom. The van der Waals surface area contributed by atoms with Crippen LogP contribution in [0.2, 0.25) is 0 Å². The van der Waals surface area contributed by atoms with Crippen molar-refractivity contribution in [1.29, 1.82) is 0 Å². The highest BCUT2D eigenvalue weighted by atomic mass is 16.5. The van der Waals surface area contributed by atoms with Crippen LogP contribution in [0.15, 0.2) is 30.3 Å². The lowest BCUT2D eigenvalue weighted by atomic mass is 9.89. The zero-order chi connectivity index (χ0) is 12.8. The van der Waals surface area contributed by atoms with E-state index in [1.165, 1.54) is 12.1 Å². The molecule has 0 amide bonds. The monoisotopic (exact) mass is 248 g/mol. The Bertz CT molecular complexity index is 349. The maximum Gasteiger partial charge on any atom is 0.0554 e. The number of nitrogens with zero attached hydrogens (tertiary/aromatic N) is 1. The van der Waals surface area contributed by atoms with Crippen LogP contribution < -0.4 is 10.2 Å². The molecule has 0 unspecified atom stereocenters. The molecule has 0 radical (unpaired) electrons. The second kappa shape index (κ2) is 6.21. The molecule has 100 valence electrons. The molecule has 2 rings (SSSR count). The van der Waals surface area contributed by atoms with Crippen LogP contribution in [0, 0.1) is 5.41 Å². The minimum Gasteiger partial charge on any atom is -0.380 e. The van der Waals surface area contributed by atoms with Crippen LogP contribution in [0.3, 0.4) is 0 Å². The smallest absolute Gasteiger partial charge is 0.0554 e. The number of benzene rings is 1. The molecular weight excluding hydrogens is 224 g/mol. The van der Waals surface area contributed by atoms with E-state index in [9.17, 15) is 0 Å². The van der Waals surface area contributed by atoms with Gasteiger partial charge in [-0.15, -0.1) is 0 Å². The van der Waals surface area contributed by atoms with Gasteiger partial charge in [-0.2, -0.15) is 0 Å². The predicted octanol–water partition coefficient (Wildman–Crippen LogP) is 2.14. The molecule has 3 heteroatoms. The lowest BCUT2D eigenvalue weighted by Crippen LogP contribution is -2.47. The Morgan fingerprint density at radius 3 is 2.61 bits per heavy atom. The van der Waals surface area contributed by atoms with Crippen LogP contribution in [0.1, 0.15) is 13.3 Å². The number of nitrogens with one attached hydrogen (secondary N) is 1. The Labute approximate surface area is 110 Å². The zero-order valence-electron chi connectivity index (χ0n) is 11.5. The second-order valence-electron chi connectivity index (χ2n) is 5.59. The number of anilines is 1. The van der Waals surface area contributed by atoms with E-state index in [-0.39, 0.29) is 0 Å². The van der Waals surface area contributed by atoms with Crippen molar-refractivity contribution in [3.63, 3.8) is 0 Å². The fraction of sp³-hybridized carbons (Fsp3) is 0.600. The molecule has 1 aromatic carbocycles. The Morgan fingerprint density at radius 2 is 2.00 bits per heavy atom. The van der Waals surface area contributed by atoms with Gasteiger partial charge in [0, 0.05) is 31.2 Å². The van der Waals surface area contributed by atoms with E-state index >= 15 is 0 Å². The van der Waals surface area contributed by atoms with Crippen LogP contribution in [0.4, 0.5) is 5.69 Å². The van der Waals surface area contributed by atoms with Crippen molar-refractivity contribution in [1.82, 2.24) is 5.32 Å². The first-order valence-corrected chi connectivity index (χ1v) is 6.74.